The molecule has 5 heteroatoms. The minimum Gasteiger partial charge on any atom is -0.497 e. The molecule has 0 aliphatic rings. The summed E-state index contributed by atoms with van der Waals surface area (Å²) in [5.41, 5.74) is 2.14. The molecule has 0 radical (unpaired) electrons. The fourth-order valence-electron chi connectivity index (χ4n) is 3.16. The van der Waals surface area contributed by atoms with Gasteiger partial charge in [-0.2, -0.15) is 0 Å². The fourth-order valence-corrected chi connectivity index (χ4v) is 3.16. The van der Waals surface area contributed by atoms with Crippen LogP contribution in [0.3, 0.4) is 0 Å². The molecule has 27 heavy (non-hydrogen) atoms. The summed E-state index contributed by atoms with van der Waals surface area (Å²) < 4.78 is 21.6. The molecule has 1 heterocycles. The van der Waals surface area contributed by atoms with Crippen molar-refractivity contribution >= 4 is 11.0 Å². The van der Waals surface area contributed by atoms with Crippen LogP contribution in [-0.4, -0.2) is 21.3 Å². The molecule has 0 N–H and O–H groups in total. The van der Waals surface area contributed by atoms with E-state index in [1.807, 2.05) is 24.3 Å². The summed E-state index contributed by atoms with van der Waals surface area (Å²) in [6, 6.07) is 10.9. The Balaban J connectivity index is 2.33. The standard InChI is InChI=1S/C22H22O5/c1-5-6-7-17-16-10-8-15(25-3)13-20(16)27-22(23)21(17)18-11-9-14(24-2)12-19(18)26-4/h5,8-13H,1,6-7H2,2-4H3. The molecule has 0 amide bonds. The number of methoxy groups -OCH3 is 3. The van der Waals surface area contributed by atoms with Gasteiger partial charge in [0, 0.05) is 23.1 Å². The minimum absolute atomic E-state index is 0.418. The predicted molar refractivity (Wildman–Crippen MR) is 106 cm³/mol. The van der Waals surface area contributed by atoms with E-state index in [1.165, 1.54) is 0 Å². The second kappa shape index (κ2) is 7.99. The van der Waals surface area contributed by atoms with Gasteiger partial charge in [-0.1, -0.05) is 6.08 Å². The highest BCUT2D eigenvalue weighted by Crippen LogP contribution is 2.37. The van der Waals surface area contributed by atoms with Gasteiger partial charge in [0.05, 0.1) is 26.9 Å². The molecular weight excluding hydrogens is 344 g/mol. The van der Waals surface area contributed by atoms with Crippen molar-refractivity contribution in [2.45, 2.75) is 12.8 Å². The van der Waals surface area contributed by atoms with Crippen LogP contribution in [0.5, 0.6) is 17.2 Å². The third-order valence-electron chi connectivity index (χ3n) is 4.50. The van der Waals surface area contributed by atoms with Gasteiger partial charge >= 0.3 is 5.63 Å². The number of hydrogen-bond donors (Lipinski definition) is 0. The Morgan fingerprint density at radius 2 is 1.70 bits per heavy atom. The van der Waals surface area contributed by atoms with Crippen LogP contribution in [0.25, 0.3) is 22.1 Å². The van der Waals surface area contributed by atoms with E-state index >= 15 is 0 Å². The van der Waals surface area contributed by atoms with Gasteiger partial charge in [-0.15, -0.1) is 6.58 Å². The van der Waals surface area contributed by atoms with Crippen LogP contribution in [0.2, 0.25) is 0 Å². The van der Waals surface area contributed by atoms with E-state index in [-0.39, 0.29) is 0 Å². The number of allylic oxidation sites excluding steroid dienone is 1. The summed E-state index contributed by atoms with van der Waals surface area (Å²) in [6.07, 6.45) is 3.22. The first-order valence-electron chi connectivity index (χ1n) is 8.60. The first kappa shape index (κ1) is 18.6. The van der Waals surface area contributed by atoms with E-state index in [2.05, 4.69) is 6.58 Å². The highest BCUT2D eigenvalue weighted by molar-refractivity contribution is 5.89. The molecule has 3 rings (SSSR count). The lowest BCUT2D eigenvalue weighted by Gasteiger charge is -2.15. The third-order valence-corrected chi connectivity index (χ3v) is 4.50. The van der Waals surface area contributed by atoms with Crippen LogP contribution < -0.4 is 19.8 Å². The monoisotopic (exact) mass is 366 g/mol. The van der Waals surface area contributed by atoms with Crippen molar-refractivity contribution in [2.75, 3.05) is 21.3 Å². The van der Waals surface area contributed by atoms with Crippen LogP contribution in [-0.2, 0) is 6.42 Å². The van der Waals surface area contributed by atoms with Crippen molar-refractivity contribution in [3.63, 3.8) is 0 Å². The molecule has 1 aromatic heterocycles. The summed E-state index contributed by atoms with van der Waals surface area (Å²) >= 11 is 0. The molecule has 140 valence electrons. The first-order chi connectivity index (χ1) is 13.1. The summed E-state index contributed by atoms with van der Waals surface area (Å²) in [6.45, 7) is 3.80. The zero-order valence-electron chi connectivity index (χ0n) is 15.7. The Morgan fingerprint density at radius 3 is 2.37 bits per heavy atom. The van der Waals surface area contributed by atoms with Crippen molar-refractivity contribution in [1.82, 2.24) is 0 Å². The van der Waals surface area contributed by atoms with Crippen LogP contribution in [0.4, 0.5) is 0 Å². The fraction of sp³-hybridized carbons (Fsp3) is 0.227. The second-order valence-corrected chi connectivity index (χ2v) is 6.00. The third kappa shape index (κ3) is 3.53. The molecule has 3 aromatic rings. The molecule has 2 aromatic carbocycles. The lowest BCUT2D eigenvalue weighted by Crippen LogP contribution is -2.09. The molecule has 0 saturated carbocycles. The molecule has 0 unspecified atom stereocenters. The molecule has 0 saturated heterocycles. The Morgan fingerprint density at radius 1 is 1.00 bits per heavy atom. The topological polar surface area (TPSA) is 57.9 Å². The van der Waals surface area contributed by atoms with Crippen molar-refractivity contribution in [3.8, 4) is 28.4 Å². The van der Waals surface area contributed by atoms with E-state index in [0.717, 1.165) is 17.4 Å². The van der Waals surface area contributed by atoms with Crippen molar-refractivity contribution in [3.05, 3.63) is 65.0 Å². The van der Waals surface area contributed by atoms with E-state index in [1.54, 1.807) is 39.5 Å². The Labute approximate surface area is 157 Å². The average molecular weight is 366 g/mol. The Bertz CT molecular complexity index is 1030. The average Bonchev–Trinajstić information content (AvgIpc) is 2.70. The van der Waals surface area contributed by atoms with Gasteiger partial charge < -0.3 is 18.6 Å². The zero-order chi connectivity index (χ0) is 19.4. The van der Waals surface area contributed by atoms with E-state index in [0.29, 0.717) is 40.4 Å². The maximum atomic E-state index is 12.9. The van der Waals surface area contributed by atoms with Crippen LogP contribution in [0.15, 0.2) is 58.3 Å². The number of hydrogen-bond acceptors (Lipinski definition) is 5. The number of ether oxygens (including phenoxy) is 3. The quantitative estimate of drug-likeness (QED) is 0.452. The molecular formula is C22H22O5. The predicted octanol–water partition coefficient (Wildman–Crippen LogP) is 4.60. The van der Waals surface area contributed by atoms with Gasteiger partial charge in [0.25, 0.3) is 0 Å². The maximum absolute atomic E-state index is 12.9. The molecule has 5 nitrogen and oxygen atoms in total. The maximum Gasteiger partial charge on any atom is 0.344 e. The number of fused-ring (bicyclic) bond motifs is 1. The van der Waals surface area contributed by atoms with E-state index < -0.39 is 5.63 Å². The lowest BCUT2D eigenvalue weighted by atomic mass is 9.94. The molecule has 0 fully saturated rings. The van der Waals surface area contributed by atoms with Crippen molar-refractivity contribution in [2.24, 2.45) is 0 Å². The van der Waals surface area contributed by atoms with Crippen molar-refractivity contribution < 1.29 is 18.6 Å². The normalized spacial score (nSPS) is 10.6. The summed E-state index contributed by atoms with van der Waals surface area (Å²) in [5, 5.41) is 0.866. The van der Waals surface area contributed by atoms with Gasteiger partial charge in [0.1, 0.15) is 22.8 Å². The molecule has 0 bridgehead atoms. The van der Waals surface area contributed by atoms with Crippen LogP contribution in [0, 0.1) is 0 Å². The Hall–Kier alpha value is -3.21. The van der Waals surface area contributed by atoms with Crippen LogP contribution >= 0.6 is 0 Å². The summed E-state index contributed by atoms with van der Waals surface area (Å²) in [5.74, 6) is 1.84. The number of rotatable bonds is 7. The summed E-state index contributed by atoms with van der Waals surface area (Å²) in [7, 11) is 4.73. The van der Waals surface area contributed by atoms with Crippen molar-refractivity contribution in [1.29, 1.82) is 0 Å². The Kier molecular flexibility index (Phi) is 5.50. The largest absolute Gasteiger partial charge is 0.497 e. The van der Waals surface area contributed by atoms with Crippen LogP contribution in [0.1, 0.15) is 12.0 Å². The van der Waals surface area contributed by atoms with Gasteiger partial charge in [-0.25, -0.2) is 4.79 Å². The second-order valence-electron chi connectivity index (χ2n) is 6.00. The molecule has 0 aliphatic carbocycles. The zero-order valence-corrected chi connectivity index (χ0v) is 15.7. The smallest absolute Gasteiger partial charge is 0.344 e. The van der Waals surface area contributed by atoms with Gasteiger partial charge in [-0.05, 0) is 42.7 Å². The molecule has 0 atom stereocenters. The van der Waals surface area contributed by atoms with E-state index in [9.17, 15) is 4.79 Å². The molecule has 0 aliphatic heterocycles. The minimum atomic E-state index is -0.418. The number of aryl methyl sites for hydroxylation is 1. The highest BCUT2D eigenvalue weighted by Gasteiger charge is 2.20. The highest BCUT2D eigenvalue weighted by atomic mass is 16.5. The number of benzene rings is 2. The molecule has 0 spiro atoms. The van der Waals surface area contributed by atoms with Gasteiger partial charge in [-0.3, -0.25) is 0 Å². The van der Waals surface area contributed by atoms with E-state index in [4.69, 9.17) is 18.6 Å². The summed E-state index contributed by atoms with van der Waals surface area (Å²) in [4.78, 5) is 12.9. The lowest BCUT2D eigenvalue weighted by molar-refractivity contribution is 0.395. The van der Waals surface area contributed by atoms with Gasteiger partial charge in [0.15, 0.2) is 0 Å². The SMILES string of the molecule is C=CCCc1c(-c2ccc(OC)cc2OC)c(=O)oc2cc(OC)ccc12. The van der Waals surface area contributed by atoms with Gasteiger partial charge in [0.2, 0.25) is 0 Å². The first-order valence-corrected chi connectivity index (χ1v) is 8.60.